The molecular formula is C29H36N4O4. The maximum atomic E-state index is 13.1. The predicted octanol–water partition coefficient (Wildman–Crippen LogP) is 5.73. The topological polar surface area (TPSA) is 98.0 Å². The van der Waals surface area contributed by atoms with Crippen molar-refractivity contribution in [3.63, 3.8) is 0 Å². The first-order valence-corrected chi connectivity index (χ1v) is 13.0. The first kappa shape index (κ1) is 26.4. The third-order valence-electron chi connectivity index (χ3n) is 6.40. The van der Waals surface area contributed by atoms with Crippen molar-refractivity contribution in [2.45, 2.75) is 72.3 Å². The molecule has 1 aliphatic heterocycles. The number of rotatable bonds is 9. The Morgan fingerprint density at radius 1 is 1.03 bits per heavy atom. The molecule has 8 heteroatoms. The van der Waals surface area contributed by atoms with Gasteiger partial charge in [0.05, 0.1) is 30.2 Å². The minimum absolute atomic E-state index is 0.0882. The van der Waals surface area contributed by atoms with E-state index in [2.05, 4.69) is 51.2 Å². The number of hydrogen-bond acceptors (Lipinski definition) is 7. The van der Waals surface area contributed by atoms with Gasteiger partial charge in [-0.1, -0.05) is 39.8 Å². The van der Waals surface area contributed by atoms with Gasteiger partial charge in [0, 0.05) is 18.6 Å². The molecule has 0 radical (unpaired) electrons. The molecule has 37 heavy (non-hydrogen) atoms. The summed E-state index contributed by atoms with van der Waals surface area (Å²) in [5.74, 6) is 2.02. The molecule has 0 saturated carbocycles. The van der Waals surface area contributed by atoms with Gasteiger partial charge in [0.2, 0.25) is 0 Å². The number of anilines is 1. The Kier molecular flexibility index (Phi) is 8.28. The number of hydrogen-bond donors (Lipinski definition) is 2. The number of benzene rings is 2. The molecule has 3 aromatic rings. The van der Waals surface area contributed by atoms with E-state index in [-0.39, 0.29) is 17.9 Å². The second-order valence-electron chi connectivity index (χ2n) is 9.89. The monoisotopic (exact) mass is 504 g/mol. The first-order valence-electron chi connectivity index (χ1n) is 13.0. The summed E-state index contributed by atoms with van der Waals surface area (Å²) in [5, 5.41) is 17.8. The molecule has 0 atom stereocenters. The molecule has 4 rings (SSSR count). The number of aryl methyl sites for hydroxylation is 1. The van der Waals surface area contributed by atoms with Gasteiger partial charge in [0.1, 0.15) is 11.6 Å². The van der Waals surface area contributed by atoms with Crippen LogP contribution in [0.5, 0.6) is 11.5 Å². The molecule has 2 N–H and O–H groups in total. The maximum absolute atomic E-state index is 13.1. The quantitative estimate of drug-likeness (QED) is 0.285. The van der Waals surface area contributed by atoms with E-state index in [4.69, 9.17) is 19.9 Å². The Bertz CT molecular complexity index is 1340. The summed E-state index contributed by atoms with van der Waals surface area (Å²) in [5.41, 5.74) is 5.55. The summed E-state index contributed by atoms with van der Waals surface area (Å²) in [6.45, 7) is 11.3. The van der Waals surface area contributed by atoms with E-state index >= 15 is 0 Å². The van der Waals surface area contributed by atoms with Crippen LogP contribution in [-0.2, 0) is 17.9 Å². The highest BCUT2D eigenvalue weighted by molar-refractivity contribution is 6.00. The van der Waals surface area contributed by atoms with Crippen molar-refractivity contribution in [2.24, 2.45) is 5.10 Å². The molecule has 8 nitrogen and oxygen atoms in total. The number of nitrogens with one attached hydrogen (secondary N) is 1. The van der Waals surface area contributed by atoms with Crippen LogP contribution in [0.2, 0.25) is 0 Å². The minimum Gasteiger partial charge on any atom is -0.508 e. The Morgan fingerprint density at radius 2 is 1.81 bits per heavy atom. The summed E-state index contributed by atoms with van der Waals surface area (Å²) < 4.78 is 1.44. The Morgan fingerprint density at radius 3 is 2.54 bits per heavy atom. The standard InChI is InChI=1S/C29H36N4O4/c1-6-36-37-27-13-11-22(34)16-26(27)30-17-21-15-29(35)33-28(31-21)9-7-8-25(32-33)20-10-12-23(18(2)3)24(14-20)19(4)5/h10-16,18-19,30,34H,6-9,17H2,1-5H3. The van der Waals surface area contributed by atoms with Gasteiger partial charge in [-0.25, -0.2) is 4.98 Å². The average molecular weight is 505 g/mol. The number of aromatic nitrogens is 2. The molecule has 0 amide bonds. The summed E-state index contributed by atoms with van der Waals surface area (Å²) in [4.78, 5) is 28.2. The molecule has 0 aliphatic carbocycles. The van der Waals surface area contributed by atoms with Crippen LogP contribution >= 0.6 is 0 Å². The Labute approximate surface area is 217 Å². The molecule has 2 aromatic carbocycles. The van der Waals surface area contributed by atoms with Crippen LogP contribution in [-0.4, -0.2) is 27.1 Å². The molecule has 2 heterocycles. The first-order chi connectivity index (χ1) is 17.8. The van der Waals surface area contributed by atoms with Gasteiger partial charge in [-0.15, -0.1) is 0 Å². The zero-order valence-corrected chi connectivity index (χ0v) is 22.2. The van der Waals surface area contributed by atoms with E-state index in [9.17, 15) is 9.90 Å². The van der Waals surface area contributed by atoms with Gasteiger partial charge in [-0.05, 0) is 66.5 Å². The second kappa shape index (κ2) is 11.6. The van der Waals surface area contributed by atoms with Crippen molar-refractivity contribution in [2.75, 3.05) is 11.9 Å². The van der Waals surface area contributed by atoms with Gasteiger partial charge in [0.25, 0.3) is 5.56 Å². The smallest absolute Gasteiger partial charge is 0.274 e. The summed E-state index contributed by atoms with van der Waals surface area (Å²) in [6.07, 6.45) is 2.28. The number of phenols is 1. The lowest BCUT2D eigenvalue weighted by molar-refractivity contribution is -0.201. The molecule has 0 bridgehead atoms. The molecule has 0 spiro atoms. The molecule has 1 aromatic heterocycles. The van der Waals surface area contributed by atoms with Crippen LogP contribution in [0.25, 0.3) is 0 Å². The number of phenolic OH excluding ortho intramolecular Hbond substituents is 1. The van der Waals surface area contributed by atoms with E-state index in [0.717, 1.165) is 24.1 Å². The van der Waals surface area contributed by atoms with E-state index in [1.54, 1.807) is 6.07 Å². The largest absolute Gasteiger partial charge is 0.508 e. The van der Waals surface area contributed by atoms with Crippen LogP contribution in [0.4, 0.5) is 5.69 Å². The normalized spacial score (nSPS) is 13.3. The average Bonchev–Trinajstić information content (AvgIpc) is 3.09. The van der Waals surface area contributed by atoms with Crippen molar-refractivity contribution in [3.8, 4) is 11.5 Å². The molecule has 0 saturated heterocycles. The van der Waals surface area contributed by atoms with Gasteiger partial charge in [-0.2, -0.15) is 14.7 Å². The third kappa shape index (κ3) is 6.20. The van der Waals surface area contributed by atoms with Gasteiger partial charge in [-0.3, -0.25) is 4.79 Å². The van der Waals surface area contributed by atoms with Crippen molar-refractivity contribution in [1.29, 1.82) is 0 Å². The minimum atomic E-state index is -0.217. The lowest BCUT2D eigenvalue weighted by Gasteiger charge is -2.18. The fourth-order valence-electron chi connectivity index (χ4n) is 4.54. The van der Waals surface area contributed by atoms with Gasteiger partial charge in [0.15, 0.2) is 5.75 Å². The lowest BCUT2D eigenvalue weighted by atomic mass is 9.88. The highest BCUT2D eigenvalue weighted by Crippen LogP contribution is 2.30. The summed E-state index contributed by atoms with van der Waals surface area (Å²) >= 11 is 0. The second-order valence-corrected chi connectivity index (χ2v) is 9.89. The van der Waals surface area contributed by atoms with Crippen molar-refractivity contribution < 1.29 is 14.9 Å². The van der Waals surface area contributed by atoms with Crippen molar-refractivity contribution >= 4 is 11.4 Å². The number of aromatic hydroxyl groups is 1. The molecule has 1 aliphatic rings. The van der Waals surface area contributed by atoms with Crippen molar-refractivity contribution in [1.82, 2.24) is 9.66 Å². The van der Waals surface area contributed by atoms with E-state index in [1.165, 1.54) is 34.0 Å². The highest BCUT2D eigenvalue weighted by atomic mass is 17.2. The fourth-order valence-corrected chi connectivity index (χ4v) is 4.54. The molecule has 0 fully saturated rings. The van der Waals surface area contributed by atoms with Crippen LogP contribution in [0, 0.1) is 0 Å². The van der Waals surface area contributed by atoms with Crippen LogP contribution in [0.15, 0.2) is 52.4 Å². The summed E-state index contributed by atoms with van der Waals surface area (Å²) in [7, 11) is 0. The SMILES string of the molecule is CCOOc1ccc(O)cc1NCc1cc(=O)n2c(n1)CCCC(c1ccc(C(C)C)c(C(C)C)c1)=N2. The van der Waals surface area contributed by atoms with Crippen LogP contribution in [0.3, 0.4) is 0 Å². The fraction of sp³-hybridized carbons (Fsp3) is 0.414. The van der Waals surface area contributed by atoms with E-state index in [1.807, 2.05) is 6.92 Å². The maximum Gasteiger partial charge on any atom is 0.274 e. The Balaban J connectivity index is 1.61. The zero-order chi connectivity index (χ0) is 26.5. The molecular weight excluding hydrogens is 468 g/mol. The van der Waals surface area contributed by atoms with Crippen LogP contribution < -0.4 is 15.8 Å². The van der Waals surface area contributed by atoms with Gasteiger partial charge < -0.3 is 15.3 Å². The summed E-state index contributed by atoms with van der Waals surface area (Å²) in [6, 6.07) is 12.7. The Hall–Kier alpha value is -3.65. The van der Waals surface area contributed by atoms with E-state index in [0.29, 0.717) is 47.8 Å². The number of fused-ring (bicyclic) bond motifs is 1. The van der Waals surface area contributed by atoms with Crippen LogP contribution in [0.1, 0.15) is 87.5 Å². The van der Waals surface area contributed by atoms with Gasteiger partial charge >= 0.3 is 0 Å². The predicted molar refractivity (Wildman–Crippen MR) is 146 cm³/mol. The lowest BCUT2D eigenvalue weighted by Crippen LogP contribution is -2.23. The van der Waals surface area contributed by atoms with Crippen molar-refractivity contribution in [3.05, 3.63) is 81.0 Å². The van der Waals surface area contributed by atoms with E-state index < -0.39 is 0 Å². The third-order valence-corrected chi connectivity index (χ3v) is 6.40. The number of nitrogens with zero attached hydrogens (tertiary/aromatic N) is 3. The molecule has 196 valence electrons. The highest BCUT2D eigenvalue weighted by Gasteiger charge is 2.18. The molecule has 0 unspecified atom stereocenters. The zero-order valence-electron chi connectivity index (χ0n) is 22.2.